The van der Waals surface area contributed by atoms with Gasteiger partial charge in [-0.05, 0) is 72.1 Å². The highest BCUT2D eigenvalue weighted by Crippen LogP contribution is 2.32. The number of amides is 2. The van der Waals surface area contributed by atoms with Gasteiger partial charge in [0.25, 0.3) is 21.8 Å². The second kappa shape index (κ2) is 15.1. The second-order valence-corrected chi connectivity index (χ2v) is 12.1. The highest BCUT2D eigenvalue weighted by Gasteiger charge is 2.21. The Morgan fingerprint density at radius 3 is 2.22 bits per heavy atom. The normalized spacial score (nSPS) is 10.9. The van der Waals surface area contributed by atoms with Crippen molar-refractivity contribution in [3.63, 3.8) is 0 Å². The van der Waals surface area contributed by atoms with Crippen LogP contribution in [0.4, 0.5) is 17.1 Å². The number of anilines is 3. The van der Waals surface area contributed by atoms with Gasteiger partial charge in [0, 0.05) is 50.7 Å². The lowest BCUT2D eigenvalue weighted by molar-refractivity contribution is 0.0946. The lowest BCUT2D eigenvalue weighted by Crippen LogP contribution is -2.30. The van der Waals surface area contributed by atoms with E-state index in [4.69, 9.17) is 4.74 Å². The summed E-state index contributed by atoms with van der Waals surface area (Å²) in [5.74, 6) is -0.179. The average molecular weight is 630 g/mol. The molecule has 236 valence electrons. The summed E-state index contributed by atoms with van der Waals surface area (Å²) in [6, 6.07) is 26.2. The summed E-state index contributed by atoms with van der Waals surface area (Å²) in [4.78, 5) is 27.0. The zero-order valence-electron chi connectivity index (χ0n) is 25.9. The fourth-order valence-corrected chi connectivity index (χ4v) is 5.93. The van der Waals surface area contributed by atoms with Gasteiger partial charge >= 0.3 is 0 Å². The minimum Gasteiger partial charge on any atom is -0.495 e. The van der Waals surface area contributed by atoms with Crippen molar-refractivity contribution >= 4 is 38.9 Å². The number of nitrogens with zero attached hydrogens (tertiary/aromatic N) is 1. The van der Waals surface area contributed by atoms with Crippen LogP contribution in [0.15, 0.2) is 95.9 Å². The van der Waals surface area contributed by atoms with Crippen LogP contribution in [0.3, 0.4) is 0 Å². The number of carbonyl (C=O) groups is 2. The first-order chi connectivity index (χ1) is 21.6. The first-order valence-electron chi connectivity index (χ1n) is 14.6. The first kappa shape index (κ1) is 32.9. The van der Waals surface area contributed by atoms with Gasteiger partial charge < -0.3 is 25.6 Å². The Bertz CT molecular complexity index is 1760. The van der Waals surface area contributed by atoms with E-state index < -0.39 is 10.0 Å². The largest absolute Gasteiger partial charge is 0.495 e. The van der Waals surface area contributed by atoms with Crippen molar-refractivity contribution in [3.05, 3.63) is 102 Å². The summed E-state index contributed by atoms with van der Waals surface area (Å²) in [7, 11) is 1.12. The summed E-state index contributed by atoms with van der Waals surface area (Å²) < 4.78 is 35.2. The number of benzene rings is 4. The number of ether oxygens (including phenoxy) is 1. The second-order valence-electron chi connectivity index (χ2n) is 10.5. The molecule has 0 aromatic heterocycles. The van der Waals surface area contributed by atoms with E-state index in [9.17, 15) is 18.0 Å². The van der Waals surface area contributed by atoms with Crippen LogP contribution in [0.2, 0.25) is 0 Å². The van der Waals surface area contributed by atoms with Crippen LogP contribution in [-0.4, -0.2) is 61.1 Å². The molecule has 0 heterocycles. The Labute approximate surface area is 264 Å². The molecule has 0 aliphatic rings. The summed E-state index contributed by atoms with van der Waals surface area (Å²) in [5, 5.41) is 8.99. The van der Waals surface area contributed by atoms with E-state index in [2.05, 4.69) is 20.7 Å². The highest BCUT2D eigenvalue weighted by atomic mass is 32.2. The first-order valence-corrected chi connectivity index (χ1v) is 16.1. The molecule has 4 aromatic carbocycles. The third-order valence-electron chi connectivity index (χ3n) is 6.93. The highest BCUT2D eigenvalue weighted by molar-refractivity contribution is 7.92. The molecule has 0 atom stereocenters. The van der Waals surface area contributed by atoms with Gasteiger partial charge in [-0.25, -0.2) is 8.42 Å². The molecular weight excluding hydrogens is 590 g/mol. The molecule has 0 bridgehead atoms. The summed E-state index contributed by atoms with van der Waals surface area (Å²) >= 11 is 0. The fourth-order valence-electron chi connectivity index (χ4n) is 4.68. The Kier molecular flexibility index (Phi) is 11.0. The maximum atomic E-state index is 13.6. The van der Waals surface area contributed by atoms with Crippen molar-refractivity contribution in [2.24, 2.45) is 0 Å². The van der Waals surface area contributed by atoms with Gasteiger partial charge in [0.1, 0.15) is 10.6 Å². The number of hydrogen-bond acceptors (Lipinski definition) is 7. The van der Waals surface area contributed by atoms with E-state index in [-0.39, 0.29) is 22.5 Å². The topological polar surface area (TPSA) is 129 Å². The van der Waals surface area contributed by atoms with Gasteiger partial charge in [-0.15, -0.1) is 0 Å². The molecule has 0 saturated heterocycles. The van der Waals surface area contributed by atoms with E-state index >= 15 is 0 Å². The van der Waals surface area contributed by atoms with Crippen molar-refractivity contribution in [1.82, 2.24) is 10.6 Å². The molecular formula is C34H39N5O5S. The molecule has 2 amide bonds. The predicted molar refractivity (Wildman–Crippen MR) is 180 cm³/mol. The van der Waals surface area contributed by atoms with Crippen molar-refractivity contribution < 1.29 is 22.7 Å². The zero-order chi connectivity index (χ0) is 32.4. The third kappa shape index (κ3) is 8.54. The molecule has 45 heavy (non-hydrogen) atoms. The number of sulfonamides is 1. The molecule has 0 aliphatic carbocycles. The van der Waals surface area contributed by atoms with Crippen LogP contribution in [0.25, 0.3) is 11.1 Å². The van der Waals surface area contributed by atoms with Gasteiger partial charge in [0.05, 0.1) is 18.4 Å². The van der Waals surface area contributed by atoms with E-state index in [0.29, 0.717) is 53.3 Å². The molecule has 4 N–H and O–H groups in total. The molecule has 10 nitrogen and oxygen atoms in total. The number of para-hydroxylation sites is 1. The lowest BCUT2D eigenvalue weighted by atomic mass is 10.0. The monoisotopic (exact) mass is 629 g/mol. The minimum absolute atomic E-state index is 0.0394. The van der Waals surface area contributed by atoms with Crippen LogP contribution in [-0.2, 0) is 10.0 Å². The van der Waals surface area contributed by atoms with Crippen molar-refractivity contribution in [1.29, 1.82) is 0 Å². The molecule has 0 aliphatic heterocycles. The summed E-state index contributed by atoms with van der Waals surface area (Å²) in [5.41, 5.74) is 4.25. The van der Waals surface area contributed by atoms with E-state index in [1.165, 1.54) is 13.2 Å². The minimum atomic E-state index is -4.06. The lowest BCUT2D eigenvalue weighted by Gasteiger charge is -2.17. The molecule has 4 aromatic rings. The number of carbonyl (C=O) groups excluding carboxylic acids is 2. The third-order valence-corrected chi connectivity index (χ3v) is 8.33. The van der Waals surface area contributed by atoms with E-state index in [1.54, 1.807) is 54.6 Å². The molecule has 0 unspecified atom stereocenters. The van der Waals surface area contributed by atoms with Crippen LogP contribution < -0.4 is 30.3 Å². The molecule has 0 radical (unpaired) electrons. The summed E-state index contributed by atoms with van der Waals surface area (Å²) in [6.45, 7) is 3.34. The Morgan fingerprint density at radius 1 is 0.756 bits per heavy atom. The van der Waals surface area contributed by atoms with Crippen molar-refractivity contribution in [2.75, 3.05) is 55.8 Å². The maximum Gasteiger partial charge on any atom is 0.265 e. The fraction of sp³-hybridized carbons (Fsp3) is 0.235. The van der Waals surface area contributed by atoms with E-state index in [1.807, 2.05) is 56.3 Å². The SMILES string of the molecule is CCCNC(=O)c1cccc(-c2ccc(OC)c(S(=O)(=O)Nc3cccc(NCCNC(=O)c4ccccc4N(C)C)c3)c2)c1. The number of rotatable bonds is 14. The average Bonchev–Trinajstić information content (AvgIpc) is 3.05. The van der Waals surface area contributed by atoms with Crippen LogP contribution in [0.1, 0.15) is 34.1 Å². The van der Waals surface area contributed by atoms with Crippen LogP contribution in [0, 0.1) is 0 Å². The Balaban J connectivity index is 1.44. The molecule has 4 rings (SSSR count). The maximum absolute atomic E-state index is 13.6. The van der Waals surface area contributed by atoms with Crippen LogP contribution in [0.5, 0.6) is 5.75 Å². The molecule has 11 heteroatoms. The Morgan fingerprint density at radius 2 is 1.47 bits per heavy atom. The van der Waals surface area contributed by atoms with Gasteiger partial charge in [-0.2, -0.15) is 0 Å². The molecule has 0 saturated carbocycles. The smallest absolute Gasteiger partial charge is 0.265 e. The zero-order valence-corrected chi connectivity index (χ0v) is 26.7. The van der Waals surface area contributed by atoms with Gasteiger partial charge in [-0.1, -0.05) is 43.3 Å². The standard InChI is InChI=1S/C34H39N5O5S/c1-5-18-36-33(40)26-11-8-10-24(21-26)25-16-17-31(44-4)32(22-25)45(42,43)38-28-13-9-12-27(23-28)35-19-20-37-34(41)29-14-6-7-15-30(29)39(2)3/h6-17,21-23,35,38H,5,18-20H2,1-4H3,(H,36,40)(H,37,41). The van der Waals surface area contributed by atoms with E-state index in [0.717, 1.165) is 12.1 Å². The van der Waals surface area contributed by atoms with Gasteiger partial charge in [0.2, 0.25) is 0 Å². The van der Waals surface area contributed by atoms with Gasteiger partial charge in [-0.3, -0.25) is 14.3 Å². The summed E-state index contributed by atoms with van der Waals surface area (Å²) in [6.07, 6.45) is 0.821. The van der Waals surface area contributed by atoms with Gasteiger partial charge in [0.15, 0.2) is 0 Å². The quantitative estimate of drug-likeness (QED) is 0.141. The number of methoxy groups -OCH3 is 1. The van der Waals surface area contributed by atoms with Crippen molar-refractivity contribution in [3.8, 4) is 16.9 Å². The number of hydrogen-bond donors (Lipinski definition) is 4. The van der Waals surface area contributed by atoms with Crippen molar-refractivity contribution in [2.45, 2.75) is 18.2 Å². The molecule has 0 fully saturated rings. The predicted octanol–water partition coefficient (Wildman–Crippen LogP) is 5.21. The molecule has 0 spiro atoms. The van der Waals surface area contributed by atoms with Crippen LogP contribution >= 0.6 is 0 Å². The Hall–Kier alpha value is -5.03. The number of nitrogens with one attached hydrogen (secondary N) is 4.